The monoisotopic (exact) mass is 640 g/mol. The first kappa shape index (κ1) is 32.7. The Bertz CT molecular complexity index is 1670. The van der Waals surface area contributed by atoms with Crippen molar-refractivity contribution in [3.8, 4) is 0 Å². The fourth-order valence-corrected chi connectivity index (χ4v) is 6.40. The van der Waals surface area contributed by atoms with Gasteiger partial charge in [-0.1, -0.05) is 67.4 Å². The number of carbonyl (C=O) groups excluding carboxylic acids is 1. The number of anilines is 1. The molecule has 0 radical (unpaired) electrons. The van der Waals surface area contributed by atoms with Crippen molar-refractivity contribution in [1.29, 1.82) is 0 Å². The number of sulfonamides is 1. The molecular weight excluding hydrogens is 603 g/mol. The second-order valence-corrected chi connectivity index (χ2v) is 12.9. The molecule has 1 fully saturated rings. The normalized spacial score (nSPS) is 17.0. The number of nitrogens with two attached hydrogens (primary N) is 1. The largest absolute Gasteiger partial charge is 0.337 e. The van der Waals surface area contributed by atoms with E-state index in [1.807, 2.05) is 60.8 Å². The summed E-state index contributed by atoms with van der Waals surface area (Å²) >= 11 is 11.9. The number of imidazole rings is 1. The highest BCUT2D eigenvalue weighted by Gasteiger charge is 2.47. The van der Waals surface area contributed by atoms with Crippen LogP contribution in [0.2, 0.25) is 10.0 Å². The van der Waals surface area contributed by atoms with Gasteiger partial charge in [0.05, 0.1) is 11.4 Å². The van der Waals surface area contributed by atoms with Crippen LogP contribution in [-0.2, 0) is 41.3 Å². The third kappa shape index (κ3) is 8.26. The molecule has 0 bridgehead atoms. The highest BCUT2D eigenvalue weighted by molar-refractivity contribution is 7.89. The standard InChI is InChI=1S/C25H26ClN3O.C6H6ClNO2S.C2H6/c1-28-13-12-27-24(28)16-29(19-11-10-17-6-2-3-7-18(17)14-19)25(30)22-15-21(22)20-8-4-5-9-23(20)26;7-5-2-1-3-6(4-5)11(8,9)10;1-2/h4-5,8-14,21-22H,2-3,6-7,15-16H2,1H3;1-4H,(H2,8,9,10);1-2H3/t21-,22+;;/m1../s1. The van der Waals surface area contributed by atoms with E-state index in [1.54, 1.807) is 12.3 Å². The number of aromatic nitrogens is 2. The quantitative estimate of drug-likeness (QED) is 0.239. The highest BCUT2D eigenvalue weighted by atomic mass is 35.5. The molecule has 0 spiro atoms. The second kappa shape index (κ2) is 14.5. The molecule has 1 amide bonds. The minimum atomic E-state index is -3.61. The first-order valence-electron chi connectivity index (χ1n) is 14.5. The SMILES string of the molecule is CC.Cn1ccnc1CN(C(=O)[C@H]1C[C@@H]1c1ccccc1Cl)c1ccc2c(c1)CCCC2.NS(=O)(=O)c1cccc(Cl)c1. The second-order valence-electron chi connectivity index (χ2n) is 10.5. The van der Waals surface area contributed by atoms with E-state index < -0.39 is 10.0 Å². The van der Waals surface area contributed by atoms with Crippen LogP contribution in [0.5, 0.6) is 0 Å². The summed E-state index contributed by atoms with van der Waals surface area (Å²) in [5.74, 6) is 1.23. The summed E-state index contributed by atoms with van der Waals surface area (Å²) in [6.07, 6.45) is 9.28. The molecule has 1 saturated carbocycles. The lowest BCUT2D eigenvalue weighted by atomic mass is 9.91. The molecule has 0 unspecified atom stereocenters. The van der Waals surface area contributed by atoms with Crippen LogP contribution in [0.25, 0.3) is 0 Å². The highest BCUT2D eigenvalue weighted by Crippen LogP contribution is 2.51. The molecule has 2 atom stereocenters. The number of nitrogens with zero attached hydrogens (tertiary/aromatic N) is 3. The van der Waals surface area contributed by atoms with Crippen molar-refractivity contribution in [1.82, 2.24) is 9.55 Å². The van der Waals surface area contributed by atoms with Gasteiger partial charge < -0.3 is 9.47 Å². The molecule has 3 aromatic carbocycles. The van der Waals surface area contributed by atoms with Crippen LogP contribution < -0.4 is 10.0 Å². The van der Waals surface area contributed by atoms with Gasteiger partial charge in [-0.25, -0.2) is 18.5 Å². The molecule has 2 aliphatic carbocycles. The average Bonchev–Trinajstić information content (AvgIpc) is 3.70. The van der Waals surface area contributed by atoms with Gasteiger partial charge in [0.25, 0.3) is 0 Å². The molecule has 6 rings (SSSR count). The van der Waals surface area contributed by atoms with Gasteiger partial charge in [0, 0.05) is 41.1 Å². The molecule has 7 nitrogen and oxygen atoms in total. The summed E-state index contributed by atoms with van der Waals surface area (Å²) in [7, 11) is -1.64. The summed E-state index contributed by atoms with van der Waals surface area (Å²) in [6, 6.07) is 20.2. The molecule has 0 saturated heterocycles. The number of amides is 1. The molecular formula is C33H38Cl2N4O3S. The van der Waals surface area contributed by atoms with Gasteiger partial charge in [-0.05, 0) is 91.1 Å². The van der Waals surface area contributed by atoms with Crippen LogP contribution in [-0.4, -0.2) is 23.9 Å². The molecule has 2 N–H and O–H groups in total. The Morgan fingerprint density at radius 1 is 1.00 bits per heavy atom. The maximum absolute atomic E-state index is 13.7. The zero-order chi connectivity index (χ0) is 31.1. The molecule has 43 heavy (non-hydrogen) atoms. The van der Waals surface area contributed by atoms with Gasteiger partial charge >= 0.3 is 0 Å². The van der Waals surface area contributed by atoms with E-state index in [0.717, 1.165) is 41.4 Å². The Morgan fingerprint density at radius 2 is 1.72 bits per heavy atom. The number of benzene rings is 3. The Hall–Kier alpha value is -3.17. The number of hydrogen-bond acceptors (Lipinski definition) is 4. The summed E-state index contributed by atoms with van der Waals surface area (Å²) in [5.41, 5.74) is 4.87. The van der Waals surface area contributed by atoms with Gasteiger partial charge in [-0.15, -0.1) is 0 Å². The Kier molecular flexibility index (Phi) is 11.1. The fourth-order valence-electron chi connectivity index (χ4n) is 5.31. The summed E-state index contributed by atoms with van der Waals surface area (Å²) in [5, 5.41) is 5.95. The maximum Gasteiger partial charge on any atom is 0.238 e. The molecule has 228 valence electrons. The van der Waals surface area contributed by atoms with Crippen molar-refractivity contribution in [3.05, 3.63) is 112 Å². The summed E-state index contributed by atoms with van der Waals surface area (Å²) in [4.78, 5) is 20.1. The van der Waals surface area contributed by atoms with E-state index in [-0.39, 0.29) is 22.6 Å². The number of rotatable bonds is 6. The van der Waals surface area contributed by atoms with Crippen molar-refractivity contribution in [2.75, 3.05) is 4.90 Å². The minimum Gasteiger partial charge on any atom is -0.337 e. The molecule has 2 aliphatic rings. The molecule has 10 heteroatoms. The molecule has 1 heterocycles. The topological polar surface area (TPSA) is 98.3 Å². The average molecular weight is 642 g/mol. The number of hydrogen-bond donors (Lipinski definition) is 1. The zero-order valence-electron chi connectivity index (χ0n) is 24.7. The van der Waals surface area contributed by atoms with Gasteiger partial charge in [0.2, 0.25) is 15.9 Å². The molecule has 1 aromatic heterocycles. The maximum atomic E-state index is 13.7. The number of halogens is 2. The number of fused-ring (bicyclic) bond motifs is 1. The van der Waals surface area contributed by atoms with Crippen molar-refractivity contribution in [3.63, 3.8) is 0 Å². The number of aryl methyl sites for hydroxylation is 3. The van der Waals surface area contributed by atoms with E-state index >= 15 is 0 Å². The van der Waals surface area contributed by atoms with Crippen LogP contribution in [0.1, 0.15) is 61.5 Å². The fraction of sp³-hybridized carbons (Fsp3) is 0.333. The third-order valence-corrected chi connectivity index (χ3v) is 9.16. The van der Waals surface area contributed by atoms with Crippen molar-refractivity contribution < 1.29 is 13.2 Å². The predicted molar refractivity (Wildman–Crippen MR) is 174 cm³/mol. The van der Waals surface area contributed by atoms with Crippen LogP contribution >= 0.6 is 23.2 Å². The molecule has 0 aliphatic heterocycles. The Balaban J connectivity index is 0.000000274. The van der Waals surface area contributed by atoms with Crippen molar-refractivity contribution >= 4 is 44.8 Å². The van der Waals surface area contributed by atoms with Crippen molar-refractivity contribution in [2.45, 2.75) is 63.3 Å². The smallest absolute Gasteiger partial charge is 0.238 e. The van der Waals surface area contributed by atoms with Gasteiger partial charge in [-0.2, -0.15) is 0 Å². The van der Waals surface area contributed by atoms with E-state index in [9.17, 15) is 13.2 Å². The Labute approximate surface area is 264 Å². The zero-order valence-corrected chi connectivity index (χ0v) is 27.0. The summed E-state index contributed by atoms with van der Waals surface area (Å²) < 4.78 is 23.4. The minimum absolute atomic E-state index is 0.0267. The summed E-state index contributed by atoms with van der Waals surface area (Å²) in [6.45, 7) is 4.48. The van der Waals surface area contributed by atoms with Crippen LogP contribution in [0.15, 0.2) is 84.0 Å². The lowest BCUT2D eigenvalue weighted by molar-refractivity contribution is -0.120. The van der Waals surface area contributed by atoms with E-state index in [4.69, 9.17) is 28.3 Å². The molecule has 4 aromatic rings. The van der Waals surface area contributed by atoms with Gasteiger partial charge in [0.1, 0.15) is 5.82 Å². The van der Waals surface area contributed by atoms with Gasteiger partial charge in [-0.3, -0.25) is 4.79 Å². The van der Waals surface area contributed by atoms with Crippen LogP contribution in [0, 0.1) is 5.92 Å². The Morgan fingerprint density at radius 3 is 2.35 bits per heavy atom. The third-order valence-electron chi connectivity index (χ3n) is 7.67. The van der Waals surface area contributed by atoms with E-state index in [1.165, 1.54) is 42.2 Å². The predicted octanol–water partition coefficient (Wildman–Crippen LogP) is 7.30. The first-order valence-corrected chi connectivity index (χ1v) is 16.8. The lowest BCUT2D eigenvalue weighted by Gasteiger charge is -2.25. The van der Waals surface area contributed by atoms with Crippen LogP contribution in [0.3, 0.4) is 0 Å². The van der Waals surface area contributed by atoms with E-state index in [2.05, 4.69) is 23.2 Å². The number of primary sulfonamides is 1. The lowest BCUT2D eigenvalue weighted by Crippen LogP contribution is -2.33. The van der Waals surface area contributed by atoms with Crippen molar-refractivity contribution in [2.24, 2.45) is 18.1 Å². The van der Waals surface area contributed by atoms with E-state index in [0.29, 0.717) is 11.6 Å². The number of carbonyl (C=O) groups is 1. The van der Waals surface area contributed by atoms with Gasteiger partial charge in [0.15, 0.2) is 0 Å². The van der Waals surface area contributed by atoms with Crippen LogP contribution in [0.4, 0.5) is 5.69 Å². The first-order chi connectivity index (χ1) is 20.6.